The van der Waals surface area contributed by atoms with Crippen LogP contribution in [-0.4, -0.2) is 0 Å². The van der Waals surface area contributed by atoms with Gasteiger partial charge in [-0.1, -0.05) is 17.9 Å². The first-order chi connectivity index (χ1) is 13.8. The lowest BCUT2D eigenvalue weighted by atomic mass is 10.0. The minimum absolute atomic E-state index is 0.0193. The summed E-state index contributed by atoms with van der Waals surface area (Å²) < 4.78 is 82.7. The molecule has 3 aromatic carbocycles. The largest absolute Gasteiger partial charge is 0.459 e. The van der Waals surface area contributed by atoms with Gasteiger partial charge in [0.1, 0.15) is 11.6 Å². The molecule has 0 radical (unpaired) electrons. The molecule has 0 heterocycles. The molecule has 0 aliphatic heterocycles. The molecule has 0 aliphatic rings. The van der Waals surface area contributed by atoms with E-state index in [0.29, 0.717) is 11.8 Å². The van der Waals surface area contributed by atoms with Gasteiger partial charge in [-0.3, -0.25) is 0 Å². The second kappa shape index (κ2) is 8.57. The molecule has 3 aromatic rings. The van der Waals surface area contributed by atoms with Crippen molar-refractivity contribution in [1.82, 2.24) is 0 Å². The van der Waals surface area contributed by atoms with Crippen molar-refractivity contribution in [2.24, 2.45) is 0 Å². The van der Waals surface area contributed by atoms with Crippen LogP contribution >= 0.6 is 0 Å². The molecule has 0 aromatic heterocycles. The number of ether oxygens (including phenoxy) is 1. The third-order valence-corrected chi connectivity index (χ3v) is 3.77. The highest BCUT2D eigenvalue weighted by Crippen LogP contribution is 2.25. The Morgan fingerprint density at radius 3 is 1.93 bits per heavy atom. The summed E-state index contributed by atoms with van der Waals surface area (Å²) in [5, 5.41) is 0. The standard InChI is InChI=1S/C22H10F6O/c23-18-9-15(16-10-19(24)22(28)20(25)11-16)6-5-14(18)4-1-13-2-7-17(8-3-13)29-12-21(26)27/h2-3,5-12H. The van der Waals surface area contributed by atoms with Gasteiger partial charge in [-0.15, -0.1) is 0 Å². The molecule has 0 unspecified atom stereocenters. The summed E-state index contributed by atoms with van der Waals surface area (Å²) in [6.07, 6.45) is -1.67. The molecule has 0 saturated carbocycles. The van der Waals surface area contributed by atoms with E-state index in [2.05, 4.69) is 16.6 Å². The van der Waals surface area contributed by atoms with Gasteiger partial charge < -0.3 is 4.74 Å². The zero-order valence-electron chi connectivity index (χ0n) is 14.4. The van der Waals surface area contributed by atoms with E-state index in [0.717, 1.165) is 18.2 Å². The molecule has 7 heteroatoms. The number of hydrogen-bond donors (Lipinski definition) is 0. The minimum atomic E-state index is -1.97. The Morgan fingerprint density at radius 1 is 0.724 bits per heavy atom. The highest BCUT2D eigenvalue weighted by Gasteiger charge is 2.12. The molecule has 146 valence electrons. The zero-order valence-corrected chi connectivity index (χ0v) is 14.4. The summed E-state index contributed by atoms with van der Waals surface area (Å²) in [5.74, 6) is 0.404. The van der Waals surface area contributed by atoms with Crippen molar-refractivity contribution in [3.63, 3.8) is 0 Å². The molecule has 0 spiro atoms. The molecular formula is C22H10F6O. The maximum Gasteiger partial charge on any atom is 0.305 e. The molecule has 0 fully saturated rings. The third-order valence-electron chi connectivity index (χ3n) is 3.77. The van der Waals surface area contributed by atoms with Crippen LogP contribution in [0.1, 0.15) is 11.1 Å². The van der Waals surface area contributed by atoms with E-state index >= 15 is 0 Å². The zero-order chi connectivity index (χ0) is 21.0. The molecule has 0 amide bonds. The fourth-order valence-corrected chi connectivity index (χ4v) is 2.39. The number of halogens is 6. The van der Waals surface area contributed by atoms with Crippen molar-refractivity contribution in [2.75, 3.05) is 0 Å². The van der Waals surface area contributed by atoms with E-state index in [9.17, 15) is 26.3 Å². The second-order valence-electron chi connectivity index (χ2n) is 5.75. The fourth-order valence-electron chi connectivity index (χ4n) is 2.39. The van der Waals surface area contributed by atoms with E-state index in [4.69, 9.17) is 0 Å². The Balaban J connectivity index is 1.81. The van der Waals surface area contributed by atoms with Crippen LogP contribution in [0.3, 0.4) is 0 Å². The third kappa shape index (κ3) is 4.99. The molecule has 0 atom stereocenters. The monoisotopic (exact) mass is 404 g/mol. The number of hydrogen-bond acceptors (Lipinski definition) is 1. The van der Waals surface area contributed by atoms with Gasteiger partial charge in [0.05, 0.1) is 5.56 Å². The molecular weight excluding hydrogens is 394 g/mol. The maximum atomic E-state index is 14.3. The van der Waals surface area contributed by atoms with Crippen LogP contribution in [0.25, 0.3) is 11.1 Å². The minimum Gasteiger partial charge on any atom is -0.459 e. The van der Waals surface area contributed by atoms with E-state index in [1.165, 1.54) is 36.4 Å². The van der Waals surface area contributed by atoms with Crippen molar-refractivity contribution >= 4 is 0 Å². The van der Waals surface area contributed by atoms with E-state index in [1.54, 1.807) is 0 Å². The van der Waals surface area contributed by atoms with E-state index in [-0.39, 0.29) is 22.4 Å². The summed E-state index contributed by atoms with van der Waals surface area (Å²) in [5.41, 5.74) is 0.641. The maximum absolute atomic E-state index is 14.3. The van der Waals surface area contributed by atoms with Crippen LogP contribution in [0.15, 0.2) is 66.9 Å². The highest BCUT2D eigenvalue weighted by atomic mass is 19.3. The van der Waals surface area contributed by atoms with Crippen LogP contribution in [0.5, 0.6) is 5.75 Å². The van der Waals surface area contributed by atoms with Crippen LogP contribution in [0.2, 0.25) is 0 Å². The lowest BCUT2D eigenvalue weighted by Gasteiger charge is -2.05. The predicted molar refractivity (Wildman–Crippen MR) is 95.1 cm³/mol. The van der Waals surface area contributed by atoms with Gasteiger partial charge in [-0.05, 0) is 59.7 Å². The van der Waals surface area contributed by atoms with Gasteiger partial charge >= 0.3 is 6.08 Å². The summed E-state index contributed by atoms with van der Waals surface area (Å²) in [6, 6.07) is 11.1. The quantitative estimate of drug-likeness (QED) is 0.212. The Kier molecular flexibility index (Phi) is 5.93. The summed E-state index contributed by atoms with van der Waals surface area (Å²) in [7, 11) is 0. The van der Waals surface area contributed by atoms with Crippen LogP contribution in [0.4, 0.5) is 26.3 Å². The van der Waals surface area contributed by atoms with Crippen LogP contribution in [-0.2, 0) is 0 Å². The lowest BCUT2D eigenvalue weighted by molar-refractivity contribution is 0.365. The van der Waals surface area contributed by atoms with Crippen molar-refractivity contribution in [1.29, 1.82) is 0 Å². The smallest absolute Gasteiger partial charge is 0.305 e. The molecule has 0 N–H and O–H groups in total. The average molecular weight is 404 g/mol. The first-order valence-corrected chi connectivity index (χ1v) is 8.08. The van der Waals surface area contributed by atoms with Crippen molar-refractivity contribution in [3.8, 4) is 28.7 Å². The Morgan fingerprint density at radius 2 is 1.34 bits per heavy atom. The first-order valence-electron chi connectivity index (χ1n) is 8.08. The van der Waals surface area contributed by atoms with Gasteiger partial charge in [0.2, 0.25) is 0 Å². The SMILES string of the molecule is FC(F)=COc1ccc(C#Cc2ccc(-c3cc(F)c(F)c(F)c3)cc2F)cc1. The lowest BCUT2D eigenvalue weighted by Crippen LogP contribution is -1.93. The number of rotatable bonds is 3. The Hall–Kier alpha value is -3.66. The fraction of sp³-hybridized carbons (Fsp3) is 0. The summed E-state index contributed by atoms with van der Waals surface area (Å²) in [6.45, 7) is 0. The predicted octanol–water partition coefficient (Wildman–Crippen LogP) is 6.43. The van der Waals surface area contributed by atoms with Gasteiger partial charge in [0.15, 0.2) is 23.7 Å². The number of benzene rings is 3. The van der Waals surface area contributed by atoms with Crippen molar-refractivity contribution in [3.05, 3.63) is 101 Å². The normalized spacial score (nSPS) is 10.1. The second-order valence-corrected chi connectivity index (χ2v) is 5.75. The highest BCUT2D eigenvalue weighted by molar-refractivity contribution is 5.65. The Labute approximate surface area is 161 Å². The molecule has 0 bridgehead atoms. The molecule has 1 nitrogen and oxygen atoms in total. The van der Waals surface area contributed by atoms with Crippen molar-refractivity contribution < 1.29 is 31.1 Å². The van der Waals surface area contributed by atoms with E-state index in [1.807, 2.05) is 0 Å². The van der Waals surface area contributed by atoms with Crippen LogP contribution in [0, 0.1) is 35.1 Å². The van der Waals surface area contributed by atoms with Gasteiger partial charge in [0.25, 0.3) is 0 Å². The topological polar surface area (TPSA) is 9.23 Å². The van der Waals surface area contributed by atoms with E-state index < -0.39 is 29.3 Å². The molecule has 0 aliphatic carbocycles. The van der Waals surface area contributed by atoms with Crippen molar-refractivity contribution in [2.45, 2.75) is 0 Å². The molecule has 29 heavy (non-hydrogen) atoms. The molecule has 3 rings (SSSR count). The summed E-state index contributed by atoms with van der Waals surface area (Å²) >= 11 is 0. The van der Waals surface area contributed by atoms with Crippen LogP contribution < -0.4 is 4.74 Å². The summed E-state index contributed by atoms with van der Waals surface area (Å²) in [4.78, 5) is 0. The van der Waals surface area contributed by atoms with Gasteiger partial charge in [-0.25, -0.2) is 17.6 Å². The molecule has 0 saturated heterocycles. The Bertz CT molecular complexity index is 1110. The van der Waals surface area contributed by atoms with Gasteiger partial charge in [0, 0.05) is 5.56 Å². The van der Waals surface area contributed by atoms with Gasteiger partial charge in [-0.2, -0.15) is 8.78 Å². The average Bonchev–Trinajstić information content (AvgIpc) is 2.70. The first kappa shape index (κ1) is 20.1.